The second-order valence-corrected chi connectivity index (χ2v) is 8.37. The molecule has 27 heavy (non-hydrogen) atoms. The topological polar surface area (TPSA) is 98.0 Å². The highest BCUT2D eigenvalue weighted by molar-refractivity contribution is 7.89. The molecule has 0 aliphatic rings. The fraction of sp³-hybridized carbons (Fsp3) is 0.222. The van der Waals surface area contributed by atoms with Gasteiger partial charge in [0.25, 0.3) is 0 Å². The Hall–Kier alpha value is -2.33. The van der Waals surface area contributed by atoms with Crippen LogP contribution in [0.1, 0.15) is 10.6 Å². The van der Waals surface area contributed by atoms with Crippen molar-refractivity contribution in [3.8, 4) is 11.5 Å². The lowest BCUT2D eigenvalue weighted by atomic mass is 9.99. The first-order chi connectivity index (χ1) is 12.9. The van der Waals surface area contributed by atoms with Crippen LogP contribution in [0.25, 0.3) is 0 Å². The normalized spacial score (nSPS) is 13.9. The zero-order valence-corrected chi connectivity index (χ0v) is 16.3. The maximum atomic E-state index is 12.7. The molecule has 0 saturated carbocycles. The van der Waals surface area contributed by atoms with E-state index in [2.05, 4.69) is 4.72 Å². The van der Waals surface area contributed by atoms with Gasteiger partial charge in [-0.1, -0.05) is 6.07 Å². The molecular weight excluding hydrogens is 390 g/mol. The van der Waals surface area contributed by atoms with Gasteiger partial charge in [0.15, 0.2) is 17.1 Å². The molecule has 2 aromatic heterocycles. The van der Waals surface area contributed by atoms with Gasteiger partial charge in [0.05, 0.1) is 31.9 Å². The molecule has 0 aliphatic carbocycles. The van der Waals surface area contributed by atoms with Gasteiger partial charge < -0.3 is 19.0 Å². The lowest BCUT2D eigenvalue weighted by Gasteiger charge is -2.25. The number of hydrogen-bond donors (Lipinski definition) is 2. The van der Waals surface area contributed by atoms with Gasteiger partial charge in [0, 0.05) is 10.9 Å². The highest BCUT2D eigenvalue weighted by Crippen LogP contribution is 2.34. The van der Waals surface area contributed by atoms with Crippen LogP contribution in [0.3, 0.4) is 0 Å². The fourth-order valence-corrected chi connectivity index (χ4v) is 4.49. The number of sulfonamides is 1. The molecule has 3 rings (SSSR count). The third-order valence-electron chi connectivity index (χ3n) is 4.04. The third kappa shape index (κ3) is 3.86. The molecule has 144 valence electrons. The maximum Gasteiger partial charge on any atom is 0.240 e. The molecule has 7 nitrogen and oxygen atoms in total. The first kappa shape index (κ1) is 19.4. The molecule has 0 spiro atoms. The van der Waals surface area contributed by atoms with Crippen molar-refractivity contribution in [3.05, 3.63) is 64.7 Å². The molecular formula is C18H19NO6S2. The summed E-state index contributed by atoms with van der Waals surface area (Å²) in [5.74, 6) is 0.960. The number of ether oxygens (including phenoxy) is 2. The number of aliphatic hydroxyl groups is 1. The number of rotatable bonds is 8. The monoisotopic (exact) mass is 409 g/mol. The predicted octanol–water partition coefficient (Wildman–Crippen LogP) is 2.57. The summed E-state index contributed by atoms with van der Waals surface area (Å²) >= 11 is 1.30. The van der Waals surface area contributed by atoms with Crippen LogP contribution in [0.15, 0.2) is 63.4 Å². The maximum absolute atomic E-state index is 12.7. The summed E-state index contributed by atoms with van der Waals surface area (Å²) in [5.41, 5.74) is -1.62. The molecule has 9 heteroatoms. The summed E-state index contributed by atoms with van der Waals surface area (Å²) in [6, 6.07) is 11.0. The molecule has 3 aromatic rings. The summed E-state index contributed by atoms with van der Waals surface area (Å²) in [4.78, 5) is 0.556. The van der Waals surface area contributed by atoms with Crippen molar-refractivity contribution >= 4 is 21.4 Å². The standard InChI is InChI=1S/C18H19NO6S2/c1-23-14-8-7-13(11-15(14)24-2)27(21,22)19-12-18(20,16-5-3-9-25-16)17-6-4-10-26-17/h3-11,19-20H,12H2,1-2H3. The Balaban J connectivity index is 1.89. The summed E-state index contributed by atoms with van der Waals surface area (Å²) < 4.78 is 43.6. The molecule has 1 unspecified atom stereocenters. The van der Waals surface area contributed by atoms with Crippen LogP contribution in [-0.4, -0.2) is 34.3 Å². The van der Waals surface area contributed by atoms with Crippen molar-refractivity contribution in [2.24, 2.45) is 0 Å². The second kappa shape index (κ2) is 7.73. The van der Waals surface area contributed by atoms with E-state index in [4.69, 9.17) is 13.9 Å². The number of hydrogen-bond acceptors (Lipinski definition) is 7. The van der Waals surface area contributed by atoms with Crippen molar-refractivity contribution in [3.63, 3.8) is 0 Å². The van der Waals surface area contributed by atoms with E-state index in [1.54, 1.807) is 29.6 Å². The molecule has 1 atom stereocenters. The average molecular weight is 409 g/mol. The number of nitrogens with one attached hydrogen (secondary N) is 1. The van der Waals surface area contributed by atoms with E-state index in [1.165, 1.54) is 50.0 Å². The lowest BCUT2D eigenvalue weighted by molar-refractivity contribution is 0.0655. The van der Waals surface area contributed by atoms with Crippen molar-refractivity contribution in [1.82, 2.24) is 4.72 Å². The molecule has 2 N–H and O–H groups in total. The number of benzene rings is 1. The summed E-state index contributed by atoms with van der Waals surface area (Å²) in [6.07, 6.45) is 1.43. The van der Waals surface area contributed by atoms with E-state index >= 15 is 0 Å². The fourth-order valence-electron chi connectivity index (χ4n) is 2.59. The number of furan rings is 1. The smallest absolute Gasteiger partial charge is 0.240 e. The van der Waals surface area contributed by atoms with Crippen molar-refractivity contribution in [2.75, 3.05) is 20.8 Å². The summed E-state index contributed by atoms with van der Waals surface area (Å²) in [7, 11) is -1.02. The Bertz CT molecular complexity index is 947. The quantitative estimate of drug-likeness (QED) is 0.593. The van der Waals surface area contributed by atoms with Gasteiger partial charge >= 0.3 is 0 Å². The molecule has 0 radical (unpaired) electrons. The van der Waals surface area contributed by atoms with E-state index in [-0.39, 0.29) is 17.2 Å². The molecule has 0 saturated heterocycles. The first-order valence-electron chi connectivity index (χ1n) is 7.93. The lowest BCUT2D eigenvalue weighted by Crippen LogP contribution is -2.40. The van der Waals surface area contributed by atoms with Crippen LogP contribution in [0.4, 0.5) is 0 Å². The minimum atomic E-state index is -3.92. The first-order valence-corrected chi connectivity index (χ1v) is 10.3. The highest BCUT2D eigenvalue weighted by atomic mass is 32.2. The molecule has 1 aromatic carbocycles. The van der Waals surface area contributed by atoms with Gasteiger partial charge in [-0.3, -0.25) is 0 Å². The van der Waals surface area contributed by atoms with Crippen LogP contribution in [0.2, 0.25) is 0 Å². The van der Waals surface area contributed by atoms with Gasteiger partial charge in [-0.25, -0.2) is 13.1 Å². The van der Waals surface area contributed by atoms with Crippen LogP contribution >= 0.6 is 11.3 Å². The van der Waals surface area contributed by atoms with Gasteiger partial charge in [0.2, 0.25) is 10.0 Å². The third-order valence-corrected chi connectivity index (χ3v) is 6.46. The highest BCUT2D eigenvalue weighted by Gasteiger charge is 2.37. The van der Waals surface area contributed by atoms with E-state index < -0.39 is 15.6 Å². The van der Waals surface area contributed by atoms with Gasteiger partial charge in [-0.15, -0.1) is 11.3 Å². The molecule has 2 heterocycles. The summed E-state index contributed by atoms with van der Waals surface area (Å²) in [6.45, 7) is -0.294. The Kier molecular flexibility index (Phi) is 5.56. The zero-order chi connectivity index (χ0) is 19.5. The zero-order valence-electron chi connectivity index (χ0n) is 14.7. The second-order valence-electron chi connectivity index (χ2n) is 5.66. The van der Waals surface area contributed by atoms with Gasteiger partial charge in [-0.2, -0.15) is 0 Å². The molecule has 0 aliphatic heterocycles. The SMILES string of the molecule is COc1ccc(S(=O)(=O)NCC(O)(c2ccco2)c2cccs2)cc1OC. The molecule has 0 amide bonds. The molecule has 0 bridgehead atoms. The Morgan fingerprint density at radius 2 is 1.93 bits per heavy atom. The Morgan fingerprint density at radius 1 is 1.15 bits per heavy atom. The average Bonchev–Trinajstić information content (AvgIpc) is 3.39. The van der Waals surface area contributed by atoms with Crippen LogP contribution in [0.5, 0.6) is 11.5 Å². The van der Waals surface area contributed by atoms with Crippen LogP contribution in [0, 0.1) is 0 Å². The molecule has 0 fully saturated rings. The Morgan fingerprint density at radius 3 is 2.52 bits per heavy atom. The summed E-state index contributed by atoms with van der Waals surface area (Å²) in [5, 5.41) is 13.0. The van der Waals surface area contributed by atoms with Crippen LogP contribution in [-0.2, 0) is 15.6 Å². The Labute approximate surface area is 161 Å². The van der Waals surface area contributed by atoms with E-state index in [9.17, 15) is 13.5 Å². The van der Waals surface area contributed by atoms with Crippen LogP contribution < -0.4 is 14.2 Å². The van der Waals surface area contributed by atoms with E-state index in [0.29, 0.717) is 16.4 Å². The van der Waals surface area contributed by atoms with Crippen molar-refractivity contribution in [2.45, 2.75) is 10.5 Å². The minimum Gasteiger partial charge on any atom is -0.493 e. The van der Waals surface area contributed by atoms with E-state index in [0.717, 1.165) is 0 Å². The number of methoxy groups -OCH3 is 2. The largest absolute Gasteiger partial charge is 0.493 e. The van der Waals surface area contributed by atoms with Gasteiger partial charge in [-0.05, 0) is 35.7 Å². The minimum absolute atomic E-state index is 0.00637. The predicted molar refractivity (Wildman–Crippen MR) is 101 cm³/mol. The van der Waals surface area contributed by atoms with Crippen molar-refractivity contribution < 1.29 is 27.4 Å². The number of thiophene rings is 1. The van der Waals surface area contributed by atoms with E-state index in [1.807, 2.05) is 0 Å². The van der Waals surface area contributed by atoms with Crippen molar-refractivity contribution in [1.29, 1.82) is 0 Å². The van der Waals surface area contributed by atoms with Gasteiger partial charge in [0.1, 0.15) is 5.76 Å².